The van der Waals surface area contributed by atoms with Crippen LogP contribution in [-0.4, -0.2) is 19.5 Å². The molecule has 2 aromatic rings. The van der Waals surface area contributed by atoms with Crippen LogP contribution in [0.4, 0.5) is 5.69 Å². The average Bonchev–Trinajstić information content (AvgIpc) is 2.54. The fourth-order valence-corrected chi connectivity index (χ4v) is 3.09. The molecule has 2 N–H and O–H groups in total. The SMILES string of the molecule is CNCCC(=O)Nc1ccc(C(C)Sc2ccccc2)cc1. The number of carbonyl (C=O) groups is 1. The Morgan fingerprint density at radius 1 is 1.09 bits per heavy atom. The quantitative estimate of drug-likeness (QED) is 0.756. The molecule has 0 saturated heterocycles. The highest BCUT2D eigenvalue weighted by molar-refractivity contribution is 7.99. The second-order valence-electron chi connectivity index (χ2n) is 5.10. The van der Waals surface area contributed by atoms with Gasteiger partial charge in [0.2, 0.25) is 5.91 Å². The summed E-state index contributed by atoms with van der Waals surface area (Å²) in [5, 5.41) is 6.25. The molecule has 0 aliphatic heterocycles. The van der Waals surface area contributed by atoms with Crippen LogP contribution in [0.15, 0.2) is 59.5 Å². The van der Waals surface area contributed by atoms with E-state index in [1.165, 1.54) is 10.5 Å². The Kier molecular flexibility index (Phi) is 6.49. The van der Waals surface area contributed by atoms with Gasteiger partial charge in [-0.1, -0.05) is 30.3 Å². The summed E-state index contributed by atoms with van der Waals surface area (Å²) in [6, 6.07) is 18.5. The van der Waals surface area contributed by atoms with Gasteiger partial charge in [-0.05, 0) is 43.8 Å². The molecule has 0 fully saturated rings. The number of nitrogens with one attached hydrogen (secondary N) is 2. The zero-order chi connectivity index (χ0) is 15.8. The van der Waals surface area contributed by atoms with E-state index < -0.39 is 0 Å². The number of anilines is 1. The van der Waals surface area contributed by atoms with Crippen LogP contribution in [0.3, 0.4) is 0 Å². The molecule has 2 aromatic carbocycles. The first kappa shape index (κ1) is 16.6. The topological polar surface area (TPSA) is 41.1 Å². The average molecular weight is 314 g/mol. The van der Waals surface area contributed by atoms with Crippen molar-refractivity contribution in [3.63, 3.8) is 0 Å². The molecule has 22 heavy (non-hydrogen) atoms. The van der Waals surface area contributed by atoms with Crippen molar-refractivity contribution in [3.05, 3.63) is 60.2 Å². The number of hydrogen-bond acceptors (Lipinski definition) is 3. The summed E-state index contributed by atoms with van der Waals surface area (Å²) in [4.78, 5) is 12.9. The van der Waals surface area contributed by atoms with Crippen LogP contribution in [0.1, 0.15) is 24.2 Å². The van der Waals surface area contributed by atoms with Gasteiger partial charge in [0, 0.05) is 28.8 Å². The molecule has 1 unspecified atom stereocenters. The third-order valence-electron chi connectivity index (χ3n) is 3.32. The van der Waals surface area contributed by atoms with E-state index in [4.69, 9.17) is 0 Å². The van der Waals surface area contributed by atoms with Gasteiger partial charge >= 0.3 is 0 Å². The van der Waals surface area contributed by atoms with E-state index in [9.17, 15) is 4.79 Å². The molecule has 0 saturated carbocycles. The highest BCUT2D eigenvalue weighted by Gasteiger charge is 2.08. The van der Waals surface area contributed by atoms with Crippen molar-refractivity contribution in [1.29, 1.82) is 0 Å². The summed E-state index contributed by atoms with van der Waals surface area (Å²) in [5.41, 5.74) is 2.10. The third kappa shape index (κ3) is 5.20. The Balaban J connectivity index is 1.92. The molecule has 0 spiro atoms. The molecule has 0 bridgehead atoms. The van der Waals surface area contributed by atoms with Gasteiger partial charge in [0.15, 0.2) is 0 Å². The maximum absolute atomic E-state index is 11.7. The lowest BCUT2D eigenvalue weighted by atomic mass is 10.1. The smallest absolute Gasteiger partial charge is 0.225 e. The predicted octanol–water partition coefficient (Wildman–Crippen LogP) is 4.09. The van der Waals surface area contributed by atoms with Crippen molar-refractivity contribution < 1.29 is 4.79 Å². The minimum Gasteiger partial charge on any atom is -0.326 e. The molecule has 3 nitrogen and oxygen atoms in total. The van der Waals surface area contributed by atoms with Gasteiger partial charge in [-0.15, -0.1) is 11.8 Å². The van der Waals surface area contributed by atoms with Crippen molar-refractivity contribution in [3.8, 4) is 0 Å². The number of carbonyl (C=O) groups excluding carboxylic acids is 1. The zero-order valence-corrected chi connectivity index (χ0v) is 13.8. The first-order chi connectivity index (χ1) is 10.7. The molecule has 0 radical (unpaired) electrons. The molecular formula is C18H22N2OS. The van der Waals surface area contributed by atoms with Crippen LogP contribution >= 0.6 is 11.8 Å². The molecule has 4 heteroatoms. The Labute approximate surface area is 136 Å². The van der Waals surface area contributed by atoms with Gasteiger partial charge in [-0.2, -0.15) is 0 Å². The third-order valence-corrected chi connectivity index (χ3v) is 4.49. The summed E-state index contributed by atoms with van der Waals surface area (Å²) in [5.74, 6) is 0.0359. The molecule has 116 valence electrons. The molecule has 0 aromatic heterocycles. The number of rotatable bonds is 7. The maximum atomic E-state index is 11.7. The largest absolute Gasteiger partial charge is 0.326 e. The highest BCUT2D eigenvalue weighted by atomic mass is 32.2. The van der Waals surface area contributed by atoms with Crippen molar-refractivity contribution >= 4 is 23.4 Å². The lowest BCUT2D eigenvalue weighted by molar-refractivity contribution is -0.116. The monoisotopic (exact) mass is 314 g/mol. The van der Waals surface area contributed by atoms with E-state index in [-0.39, 0.29) is 5.91 Å². The first-order valence-electron chi connectivity index (χ1n) is 7.45. The zero-order valence-electron chi connectivity index (χ0n) is 13.0. The fourth-order valence-electron chi connectivity index (χ4n) is 2.07. The van der Waals surface area contributed by atoms with Crippen molar-refractivity contribution in [1.82, 2.24) is 5.32 Å². The van der Waals surface area contributed by atoms with Crippen molar-refractivity contribution in [2.75, 3.05) is 18.9 Å². The van der Waals surface area contributed by atoms with E-state index in [0.717, 1.165) is 5.69 Å². The maximum Gasteiger partial charge on any atom is 0.225 e. The van der Waals surface area contributed by atoms with E-state index in [1.54, 1.807) is 0 Å². The minimum absolute atomic E-state index is 0.0359. The number of benzene rings is 2. The van der Waals surface area contributed by atoms with Crippen molar-refractivity contribution in [2.45, 2.75) is 23.5 Å². The first-order valence-corrected chi connectivity index (χ1v) is 8.33. The standard InChI is InChI=1S/C18H22N2OS/c1-14(22-17-6-4-3-5-7-17)15-8-10-16(11-9-15)20-18(21)12-13-19-2/h3-11,14,19H,12-13H2,1-2H3,(H,20,21). The lowest BCUT2D eigenvalue weighted by Gasteiger charge is -2.12. The van der Waals surface area contributed by atoms with Gasteiger partial charge in [0.25, 0.3) is 0 Å². The number of thioether (sulfide) groups is 1. The van der Waals surface area contributed by atoms with Gasteiger partial charge in [-0.3, -0.25) is 4.79 Å². The molecule has 0 heterocycles. The predicted molar refractivity (Wildman–Crippen MR) is 94.3 cm³/mol. The summed E-state index contributed by atoms with van der Waals surface area (Å²) < 4.78 is 0. The molecule has 0 aliphatic carbocycles. The van der Waals surface area contributed by atoms with Crippen LogP contribution in [0.25, 0.3) is 0 Å². The van der Waals surface area contributed by atoms with E-state index in [0.29, 0.717) is 18.2 Å². The summed E-state index contributed by atoms with van der Waals surface area (Å²) >= 11 is 1.83. The van der Waals surface area contributed by atoms with Gasteiger partial charge in [-0.25, -0.2) is 0 Å². The minimum atomic E-state index is 0.0359. The van der Waals surface area contributed by atoms with Gasteiger partial charge in [0.1, 0.15) is 0 Å². The summed E-state index contributed by atoms with van der Waals surface area (Å²) in [6.45, 7) is 2.88. The molecule has 1 atom stereocenters. The Morgan fingerprint density at radius 3 is 2.41 bits per heavy atom. The van der Waals surface area contributed by atoms with Gasteiger partial charge in [0.05, 0.1) is 0 Å². The molecule has 2 rings (SSSR count). The van der Waals surface area contributed by atoms with Gasteiger partial charge < -0.3 is 10.6 Å². The summed E-state index contributed by atoms with van der Waals surface area (Å²) in [6.07, 6.45) is 0.485. The highest BCUT2D eigenvalue weighted by Crippen LogP contribution is 2.34. The number of hydrogen-bond donors (Lipinski definition) is 2. The van der Waals surface area contributed by atoms with Crippen LogP contribution in [0.5, 0.6) is 0 Å². The van der Waals surface area contributed by atoms with Crippen LogP contribution < -0.4 is 10.6 Å². The van der Waals surface area contributed by atoms with Crippen LogP contribution in [0.2, 0.25) is 0 Å². The van der Waals surface area contributed by atoms with E-state index >= 15 is 0 Å². The molecule has 0 aliphatic rings. The molecular weight excluding hydrogens is 292 g/mol. The van der Waals surface area contributed by atoms with E-state index in [2.05, 4.69) is 54.0 Å². The second kappa shape index (κ2) is 8.61. The normalized spacial score (nSPS) is 11.9. The van der Waals surface area contributed by atoms with Crippen molar-refractivity contribution in [2.24, 2.45) is 0 Å². The fraction of sp³-hybridized carbons (Fsp3) is 0.278. The van der Waals surface area contributed by atoms with Crippen LogP contribution in [0, 0.1) is 0 Å². The lowest BCUT2D eigenvalue weighted by Crippen LogP contribution is -2.18. The Hall–Kier alpha value is -1.78. The van der Waals surface area contributed by atoms with E-state index in [1.807, 2.05) is 37.0 Å². The van der Waals surface area contributed by atoms with Crippen LogP contribution in [-0.2, 0) is 4.79 Å². The Bertz CT molecular complexity index is 584. The molecule has 1 amide bonds. The summed E-state index contributed by atoms with van der Waals surface area (Å²) in [7, 11) is 1.84. The Morgan fingerprint density at radius 2 is 1.77 bits per heavy atom. The number of amides is 1. The second-order valence-corrected chi connectivity index (χ2v) is 6.51.